The Morgan fingerprint density at radius 1 is 1.42 bits per heavy atom. The number of rotatable bonds is 5. The van der Waals surface area contributed by atoms with Gasteiger partial charge in [-0.3, -0.25) is 4.79 Å². The fourth-order valence-electron chi connectivity index (χ4n) is 1.86. The molecule has 0 aliphatic heterocycles. The fourth-order valence-corrected chi connectivity index (χ4v) is 1.86. The third kappa shape index (κ3) is 2.88. The molecule has 1 aromatic heterocycles. The third-order valence-corrected chi connectivity index (χ3v) is 2.78. The number of ether oxygens (including phenoxy) is 1. The van der Waals surface area contributed by atoms with Gasteiger partial charge < -0.3 is 4.74 Å². The lowest BCUT2D eigenvalue weighted by Crippen LogP contribution is -2.13. The quantitative estimate of drug-likeness (QED) is 0.778. The number of nitrogens with zero attached hydrogens (tertiary/aromatic N) is 2. The van der Waals surface area contributed by atoms with Gasteiger partial charge in [-0.1, -0.05) is 0 Å². The van der Waals surface area contributed by atoms with Crippen molar-refractivity contribution in [1.29, 1.82) is 0 Å². The molecule has 0 saturated carbocycles. The molecule has 0 radical (unpaired) electrons. The van der Waals surface area contributed by atoms with Crippen molar-refractivity contribution in [3.05, 3.63) is 41.8 Å². The molecule has 0 N–H and O–H groups in total. The SMILES string of the molecule is CCO[C@H](C)n1nc(-c2ccc(F)cc2)cc1C=O. The van der Waals surface area contributed by atoms with Crippen molar-refractivity contribution in [1.82, 2.24) is 9.78 Å². The first kappa shape index (κ1) is 13.4. The maximum atomic E-state index is 12.9. The van der Waals surface area contributed by atoms with Crippen molar-refractivity contribution in [2.24, 2.45) is 0 Å². The zero-order valence-corrected chi connectivity index (χ0v) is 10.8. The van der Waals surface area contributed by atoms with E-state index in [0.717, 1.165) is 11.8 Å². The molecule has 1 heterocycles. The third-order valence-electron chi connectivity index (χ3n) is 2.78. The van der Waals surface area contributed by atoms with Crippen molar-refractivity contribution in [2.75, 3.05) is 6.61 Å². The highest BCUT2D eigenvalue weighted by Gasteiger charge is 2.14. The molecule has 1 atom stereocenters. The van der Waals surface area contributed by atoms with Gasteiger partial charge in [-0.25, -0.2) is 9.07 Å². The van der Waals surface area contributed by atoms with Crippen LogP contribution in [0.15, 0.2) is 30.3 Å². The Balaban J connectivity index is 2.38. The lowest BCUT2D eigenvalue weighted by molar-refractivity contribution is 0.0147. The molecular formula is C14H15FN2O2. The normalized spacial score (nSPS) is 12.4. The molecule has 0 spiro atoms. The second-order valence-electron chi connectivity index (χ2n) is 4.08. The van der Waals surface area contributed by atoms with Gasteiger partial charge in [-0.2, -0.15) is 5.10 Å². The van der Waals surface area contributed by atoms with Crippen molar-refractivity contribution < 1.29 is 13.9 Å². The number of benzene rings is 1. The smallest absolute Gasteiger partial charge is 0.168 e. The maximum absolute atomic E-state index is 12.9. The van der Waals surface area contributed by atoms with Gasteiger partial charge in [-0.05, 0) is 44.2 Å². The van der Waals surface area contributed by atoms with E-state index in [1.807, 2.05) is 13.8 Å². The van der Waals surface area contributed by atoms with E-state index in [0.29, 0.717) is 18.0 Å². The minimum absolute atomic E-state index is 0.304. The van der Waals surface area contributed by atoms with E-state index in [1.54, 1.807) is 18.2 Å². The van der Waals surface area contributed by atoms with Crippen molar-refractivity contribution in [3.63, 3.8) is 0 Å². The summed E-state index contributed by atoms with van der Waals surface area (Å²) >= 11 is 0. The molecule has 19 heavy (non-hydrogen) atoms. The number of hydrogen-bond acceptors (Lipinski definition) is 3. The number of halogens is 1. The van der Waals surface area contributed by atoms with Crippen LogP contribution in [0.1, 0.15) is 30.6 Å². The van der Waals surface area contributed by atoms with Crippen LogP contribution in [0, 0.1) is 5.82 Å². The van der Waals surface area contributed by atoms with E-state index in [4.69, 9.17) is 4.74 Å². The Morgan fingerprint density at radius 3 is 2.68 bits per heavy atom. The topological polar surface area (TPSA) is 44.1 Å². The highest BCUT2D eigenvalue weighted by Crippen LogP contribution is 2.21. The van der Waals surface area contributed by atoms with Gasteiger partial charge >= 0.3 is 0 Å². The minimum Gasteiger partial charge on any atom is -0.357 e. The van der Waals surface area contributed by atoms with Crippen LogP contribution >= 0.6 is 0 Å². The summed E-state index contributed by atoms with van der Waals surface area (Å²) in [6.07, 6.45) is 0.412. The first-order chi connectivity index (χ1) is 9.15. The van der Waals surface area contributed by atoms with E-state index in [-0.39, 0.29) is 12.0 Å². The molecule has 1 aromatic carbocycles. The second kappa shape index (κ2) is 5.75. The van der Waals surface area contributed by atoms with E-state index < -0.39 is 0 Å². The average molecular weight is 262 g/mol. The standard InChI is InChI=1S/C14H15FN2O2/c1-3-19-10(2)17-13(9-18)8-14(16-17)11-4-6-12(15)7-5-11/h4-10H,3H2,1-2H3/t10-/m1/s1. The molecule has 4 nitrogen and oxygen atoms in total. The fraction of sp³-hybridized carbons (Fsp3) is 0.286. The zero-order chi connectivity index (χ0) is 13.8. The molecule has 0 bridgehead atoms. The Labute approximate surface area is 110 Å². The molecule has 2 rings (SSSR count). The van der Waals surface area contributed by atoms with Crippen LogP contribution in [-0.2, 0) is 4.74 Å². The Bertz CT molecular complexity index is 563. The van der Waals surface area contributed by atoms with Crippen LogP contribution < -0.4 is 0 Å². The number of carbonyl (C=O) groups is 1. The van der Waals surface area contributed by atoms with Gasteiger partial charge in [0.05, 0.1) is 5.69 Å². The minimum atomic E-state index is -0.320. The lowest BCUT2D eigenvalue weighted by atomic mass is 10.1. The van der Waals surface area contributed by atoms with Crippen molar-refractivity contribution >= 4 is 6.29 Å². The second-order valence-corrected chi connectivity index (χ2v) is 4.08. The predicted molar refractivity (Wildman–Crippen MR) is 69.3 cm³/mol. The molecule has 100 valence electrons. The van der Waals surface area contributed by atoms with Crippen LogP contribution in [0.2, 0.25) is 0 Å². The summed E-state index contributed by atoms with van der Waals surface area (Å²) in [5, 5.41) is 4.34. The molecule has 0 saturated heterocycles. The Morgan fingerprint density at radius 2 is 2.11 bits per heavy atom. The zero-order valence-electron chi connectivity index (χ0n) is 10.8. The van der Waals surface area contributed by atoms with Gasteiger partial charge in [0.15, 0.2) is 6.29 Å². The van der Waals surface area contributed by atoms with Crippen LogP contribution in [0.5, 0.6) is 0 Å². The lowest BCUT2D eigenvalue weighted by Gasteiger charge is -2.13. The maximum Gasteiger partial charge on any atom is 0.168 e. The highest BCUT2D eigenvalue weighted by atomic mass is 19.1. The summed E-state index contributed by atoms with van der Waals surface area (Å²) in [4.78, 5) is 11.1. The molecule has 0 amide bonds. The highest BCUT2D eigenvalue weighted by molar-refractivity contribution is 5.75. The molecule has 5 heteroatoms. The van der Waals surface area contributed by atoms with Gasteiger partial charge in [0.25, 0.3) is 0 Å². The molecule has 0 aliphatic rings. The largest absolute Gasteiger partial charge is 0.357 e. The summed E-state index contributed by atoms with van der Waals surface area (Å²) in [6, 6.07) is 7.64. The predicted octanol–water partition coefficient (Wildman–Crippen LogP) is 3.06. The monoisotopic (exact) mass is 262 g/mol. The molecule has 0 fully saturated rings. The van der Waals surface area contributed by atoms with Crippen molar-refractivity contribution in [2.45, 2.75) is 20.1 Å². The van der Waals surface area contributed by atoms with Crippen LogP contribution in [0.25, 0.3) is 11.3 Å². The van der Waals surface area contributed by atoms with E-state index in [1.165, 1.54) is 16.8 Å². The first-order valence-corrected chi connectivity index (χ1v) is 6.08. The number of hydrogen-bond donors (Lipinski definition) is 0. The van der Waals surface area contributed by atoms with E-state index in [2.05, 4.69) is 5.10 Å². The summed E-state index contributed by atoms with van der Waals surface area (Å²) in [5.74, 6) is -0.304. The van der Waals surface area contributed by atoms with Crippen LogP contribution in [0.3, 0.4) is 0 Å². The Hall–Kier alpha value is -2.01. The van der Waals surface area contributed by atoms with E-state index in [9.17, 15) is 9.18 Å². The van der Waals surface area contributed by atoms with Crippen LogP contribution in [-0.4, -0.2) is 22.7 Å². The summed E-state index contributed by atoms with van der Waals surface area (Å²) in [6.45, 7) is 4.23. The van der Waals surface area contributed by atoms with E-state index >= 15 is 0 Å². The Kier molecular flexibility index (Phi) is 4.06. The van der Waals surface area contributed by atoms with Gasteiger partial charge in [0.2, 0.25) is 0 Å². The molecule has 0 unspecified atom stereocenters. The number of aldehydes is 1. The molecule has 0 aliphatic carbocycles. The summed E-state index contributed by atoms with van der Waals surface area (Å²) < 4.78 is 19.8. The van der Waals surface area contributed by atoms with Gasteiger partial charge in [0.1, 0.15) is 17.7 Å². The molecular weight excluding hydrogens is 247 g/mol. The van der Waals surface area contributed by atoms with Crippen LogP contribution in [0.4, 0.5) is 4.39 Å². The summed E-state index contributed by atoms with van der Waals surface area (Å²) in [7, 11) is 0. The average Bonchev–Trinajstić information content (AvgIpc) is 2.84. The van der Waals surface area contributed by atoms with Gasteiger partial charge in [0, 0.05) is 12.2 Å². The number of carbonyl (C=O) groups excluding carboxylic acids is 1. The van der Waals surface area contributed by atoms with Gasteiger partial charge in [-0.15, -0.1) is 0 Å². The molecule has 2 aromatic rings. The first-order valence-electron chi connectivity index (χ1n) is 6.08. The summed E-state index contributed by atoms with van der Waals surface area (Å²) in [5.41, 5.74) is 1.81. The number of aromatic nitrogens is 2. The van der Waals surface area contributed by atoms with Crippen molar-refractivity contribution in [3.8, 4) is 11.3 Å².